The van der Waals surface area contributed by atoms with Gasteiger partial charge in [0.05, 0.1) is 11.8 Å². The molecule has 0 aliphatic carbocycles. The summed E-state index contributed by atoms with van der Waals surface area (Å²) in [6.45, 7) is 3.23. The minimum absolute atomic E-state index is 0.357. The van der Waals surface area contributed by atoms with Crippen LogP contribution in [-0.2, 0) is 0 Å². The zero-order valence-corrected chi connectivity index (χ0v) is 11.4. The second-order valence-electron chi connectivity index (χ2n) is 4.79. The van der Waals surface area contributed by atoms with Gasteiger partial charge in [0.25, 0.3) is 0 Å². The van der Waals surface area contributed by atoms with Gasteiger partial charge in [-0.25, -0.2) is 0 Å². The summed E-state index contributed by atoms with van der Waals surface area (Å²) in [4.78, 5) is 2.72. The fourth-order valence-corrected chi connectivity index (χ4v) is 2.33. The Morgan fingerprint density at radius 1 is 1.56 bits per heavy atom. The minimum Gasteiger partial charge on any atom is -0.389 e. The summed E-state index contributed by atoms with van der Waals surface area (Å²) in [7, 11) is 2.16. The Hall–Kier alpha value is -1.27. The third-order valence-corrected chi connectivity index (χ3v) is 3.60. The molecule has 0 amide bonds. The largest absolute Gasteiger partial charge is 0.389 e. The van der Waals surface area contributed by atoms with Crippen molar-refractivity contribution in [1.82, 2.24) is 15.1 Å². The molecule has 0 bridgehead atoms. The molecule has 1 aromatic rings. The predicted molar refractivity (Wildman–Crippen MR) is 76.6 cm³/mol. The molecule has 98 valence electrons. The predicted octanol–water partition coefficient (Wildman–Crippen LogP) is 0.864. The van der Waals surface area contributed by atoms with Gasteiger partial charge in [-0.3, -0.25) is 0 Å². The summed E-state index contributed by atoms with van der Waals surface area (Å²) in [5, 5.41) is 11.2. The molecule has 0 aromatic carbocycles. The number of thiocarbonyl (C=S) groups is 1. The van der Waals surface area contributed by atoms with Gasteiger partial charge >= 0.3 is 0 Å². The van der Waals surface area contributed by atoms with Crippen molar-refractivity contribution in [3.63, 3.8) is 0 Å². The van der Waals surface area contributed by atoms with Gasteiger partial charge in [-0.15, -0.1) is 5.10 Å². The number of likely N-dealkylation sites (tertiary alicyclic amines) is 1. The fourth-order valence-electron chi connectivity index (χ4n) is 2.17. The van der Waals surface area contributed by atoms with E-state index in [1.165, 1.54) is 12.8 Å². The zero-order valence-electron chi connectivity index (χ0n) is 10.6. The number of nitrogens with two attached hydrogens (primary N) is 1. The lowest BCUT2D eigenvalue weighted by Crippen LogP contribution is -2.33. The van der Waals surface area contributed by atoms with Crippen LogP contribution in [0.3, 0.4) is 0 Å². The highest BCUT2D eigenvalue weighted by Crippen LogP contribution is 2.17. The molecule has 2 rings (SSSR count). The topological polar surface area (TPSA) is 67.1 Å². The van der Waals surface area contributed by atoms with Gasteiger partial charge in [0, 0.05) is 6.54 Å². The highest BCUT2D eigenvalue weighted by atomic mass is 32.1. The molecule has 1 aromatic heterocycles. The van der Waals surface area contributed by atoms with Crippen molar-refractivity contribution in [3.05, 3.63) is 17.8 Å². The Labute approximate surface area is 113 Å². The van der Waals surface area contributed by atoms with Crippen LogP contribution in [0.2, 0.25) is 0 Å². The first kappa shape index (κ1) is 13.2. The number of nitrogens with zero attached hydrogens (tertiary/aromatic N) is 3. The van der Waals surface area contributed by atoms with E-state index in [1.807, 2.05) is 0 Å². The van der Waals surface area contributed by atoms with Crippen molar-refractivity contribution in [2.45, 2.75) is 12.8 Å². The fraction of sp³-hybridized carbons (Fsp3) is 0.583. The second kappa shape index (κ2) is 6.06. The molecule has 0 spiro atoms. The molecule has 2 heterocycles. The molecular weight excluding hydrogens is 246 g/mol. The van der Waals surface area contributed by atoms with Crippen molar-refractivity contribution < 1.29 is 0 Å². The van der Waals surface area contributed by atoms with E-state index in [-0.39, 0.29) is 0 Å². The van der Waals surface area contributed by atoms with Crippen LogP contribution in [0.4, 0.5) is 5.82 Å². The maximum atomic E-state index is 5.66. The van der Waals surface area contributed by atoms with Crippen molar-refractivity contribution in [2.75, 3.05) is 32.0 Å². The van der Waals surface area contributed by atoms with Gasteiger partial charge in [-0.2, -0.15) is 5.10 Å². The lowest BCUT2D eigenvalue weighted by molar-refractivity contribution is 0.226. The van der Waals surface area contributed by atoms with E-state index in [9.17, 15) is 0 Å². The van der Waals surface area contributed by atoms with E-state index in [1.54, 1.807) is 12.3 Å². The maximum absolute atomic E-state index is 5.66. The Bertz CT molecular complexity index is 415. The number of nitrogens with one attached hydrogen (secondary N) is 1. The molecule has 1 fully saturated rings. The van der Waals surface area contributed by atoms with Crippen molar-refractivity contribution in [1.29, 1.82) is 0 Å². The van der Waals surface area contributed by atoms with Crippen molar-refractivity contribution >= 4 is 23.0 Å². The molecule has 0 radical (unpaired) electrons. The van der Waals surface area contributed by atoms with E-state index in [0.717, 1.165) is 25.2 Å². The third kappa shape index (κ3) is 3.36. The van der Waals surface area contributed by atoms with Gasteiger partial charge in [-0.05, 0) is 45.0 Å². The number of aromatic nitrogens is 2. The number of rotatable bonds is 4. The molecule has 1 aliphatic rings. The molecule has 1 aliphatic heterocycles. The molecular formula is C12H19N5S. The number of anilines is 1. The van der Waals surface area contributed by atoms with E-state index in [4.69, 9.17) is 18.0 Å². The average Bonchev–Trinajstić information content (AvgIpc) is 2.38. The van der Waals surface area contributed by atoms with Gasteiger partial charge in [0.2, 0.25) is 0 Å². The Balaban J connectivity index is 1.92. The summed E-state index contributed by atoms with van der Waals surface area (Å²) < 4.78 is 0. The number of piperidine rings is 1. The van der Waals surface area contributed by atoms with Gasteiger partial charge in [0.15, 0.2) is 5.82 Å². The zero-order chi connectivity index (χ0) is 13.0. The summed E-state index contributed by atoms with van der Waals surface area (Å²) in [5.74, 6) is 1.38. The minimum atomic E-state index is 0.357. The van der Waals surface area contributed by atoms with Crippen molar-refractivity contribution in [2.24, 2.45) is 11.7 Å². The first-order chi connectivity index (χ1) is 8.66. The summed E-state index contributed by atoms with van der Waals surface area (Å²) >= 11 is 5.00. The number of hydrogen-bond donors (Lipinski definition) is 2. The normalized spacial score (nSPS) is 17.6. The molecule has 0 saturated carbocycles. The maximum Gasteiger partial charge on any atom is 0.158 e. The smallest absolute Gasteiger partial charge is 0.158 e. The lowest BCUT2D eigenvalue weighted by atomic mass is 9.97. The van der Waals surface area contributed by atoms with Gasteiger partial charge in [-0.1, -0.05) is 12.2 Å². The molecule has 0 unspecified atom stereocenters. The summed E-state index contributed by atoms with van der Waals surface area (Å²) in [6, 6.07) is 1.80. The average molecular weight is 265 g/mol. The highest BCUT2D eigenvalue weighted by molar-refractivity contribution is 7.80. The third-order valence-electron chi connectivity index (χ3n) is 3.38. The SMILES string of the molecule is CN1CCC(CNc2nnccc2C(N)=S)CC1. The van der Waals surface area contributed by atoms with E-state index in [2.05, 4.69) is 27.5 Å². The van der Waals surface area contributed by atoms with E-state index >= 15 is 0 Å². The van der Waals surface area contributed by atoms with Crippen LogP contribution in [0.5, 0.6) is 0 Å². The van der Waals surface area contributed by atoms with Gasteiger partial charge in [0.1, 0.15) is 4.99 Å². The van der Waals surface area contributed by atoms with E-state index in [0.29, 0.717) is 16.7 Å². The van der Waals surface area contributed by atoms with Crippen molar-refractivity contribution in [3.8, 4) is 0 Å². The van der Waals surface area contributed by atoms with Crippen LogP contribution in [0.1, 0.15) is 18.4 Å². The van der Waals surface area contributed by atoms with Crippen LogP contribution in [0, 0.1) is 5.92 Å². The van der Waals surface area contributed by atoms with Gasteiger partial charge < -0.3 is 16.0 Å². The molecule has 1 saturated heterocycles. The quantitative estimate of drug-likeness (QED) is 0.787. The second-order valence-corrected chi connectivity index (χ2v) is 5.23. The molecule has 0 atom stereocenters. The first-order valence-corrected chi connectivity index (χ1v) is 6.61. The Morgan fingerprint density at radius 3 is 2.94 bits per heavy atom. The molecule has 5 nitrogen and oxygen atoms in total. The highest BCUT2D eigenvalue weighted by Gasteiger charge is 2.17. The first-order valence-electron chi connectivity index (χ1n) is 6.20. The Kier molecular flexibility index (Phi) is 4.43. The summed E-state index contributed by atoms with van der Waals surface area (Å²) in [5.41, 5.74) is 6.43. The summed E-state index contributed by atoms with van der Waals surface area (Å²) in [6.07, 6.45) is 4.04. The van der Waals surface area contributed by atoms with Crippen LogP contribution < -0.4 is 11.1 Å². The lowest BCUT2D eigenvalue weighted by Gasteiger charge is -2.29. The standard InChI is InChI=1S/C12H19N5S/c1-17-6-3-9(4-7-17)8-14-12-10(11(13)18)2-5-15-16-12/h2,5,9H,3-4,6-8H2,1H3,(H2,13,18)(H,14,16). The Morgan fingerprint density at radius 2 is 2.28 bits per heavy atom. The van der Waals surface area contributed by atoms with Crippen LogP contribution in [-0.4, -0.2) is 46.8 Å². The molecule has 6 heteroatoms. The monoisotopic (exact) mass is 265 g/mol. The van der Waals surface area contributed by atoms with Crippen LogP contribution >= 0.6 is 12.2 Å². The van der Waals surface area contributed by atoms with Crippen LogP contribution in [0.25, 0.3) is 0 Å². The van der Waals surface area contributed by atoms with E-state index < -0.39 is 0 Å². The van der Waals surface area contributed by atoms with Crippen LogP contribution in [0.15, 0.2) is 12.3 Å². The molecule has 3 N–H and O–H groups in total. The number of hydrogen-bond acceptors (Lipinski definition) is 5. The molecule has 18 heavy (non-hydrogen) atoms.